The van der Waals surface area contributed by atoms with Crippen LogP contribution in [0.4, 0.5) is 0 Å². The smallest absolute Gasteiger partial charge is 0.303 e. The number of hydrogen-bond donors (Lipinski definition) is 3. The molecule has 4 atom stereocenters. The fourth-order valence-corrected chi connectivity index (χ4v) is 5.10. The third-order valence-electron chi connectivity index (χ3n) is 6.56. The fraction of sp³-hybridized carbons (Fsp3) is 0.818. The molecule has 2 saturated heterocycles. The lowest BCUT2D eigenvalue weighted by molar-refractivity contribution is -0.137. The Bertz CT molecular complexity index is 545. The first kappa shape index (κ1) is 21.3. The van der Waals surface area contributed by atoms with E-state index in [-0.39, 0.29) is 12.3 Å². The van der Waals surface area contributed by atoms with Crippen molar-refractivity contribution >= 4 is 11.9 Å². The van der Waals surface area contributed by atoms with Crippen LogP contribution in [-0.2, 0) is 14.3 Å². The Hall–Kier alpha value is -1.40. The molecular weight excluding hydrogens is 356 g/mol. The van der Waals surface area contributed by atoms with Crippen molar-refractivity contribution in [1.82, 2.24) is 10.6 Å². The second-order valence-corrected chi connectivity index (χ2v) is 8.64. The first-order valence-corrected chi connectivity index (χ1v) is 11.2. The maximum Gasteiger partial charge on any atom is 0.303 e. The Morgan fingerprint density at radius 3 is 2.50 bits per heavy atom. The molecule has 1 saturated carbocycles. The number of rotatable bonds is 11. The van der Waals surface area contributed by atoms with E-state index in [0.717, 1.165) is 45.1 Å². The predicted molar refractivity (Wildman–Crippen MR) is 108 cm³/mol. The summed E-state index contributed by atoms with van der Waals surface area (Å²) in [6.07, 6.45) is 16.0. The van der Waals surface area contributed by atoms with Crippen LogP contribution in [0.25, 0.3) is 0 Å². The van der Waals surface area contributed by atoms with Gasteiger partial charge in [-0.3, -0.25) is 9.59 Å². The van der Waals surface area contributed by atoms with Crippen LogP contribution in [0.5, 0.6) is 0 Å². The van der Waals surface area contributed by atoms with Crippen LogP contribution in [0.3, 0.4) is 0 Å². The van der Waals surface area contributed by atoms with Crippen molar-refractivity contribution in [3.05, 3.63) is 12.2 Å². The summed E-state index contributed by atoms with van der Waals surface area (Å²) >= 11 is 0. The van der Waals surface area contributed by atoms with Gasteiger partial charge < -0.3 is 20.5 Å². The summed E-state index contributed by atoms with van der Waals surface area (Å²) in [5.74, 6) is 0.354. The summed E-state index contributed by atoms with van der Waals surface area (Å²) in [6, 6.07) is 0.368. The van der Waals surface area contributed by atoms with Gasteiger partial charge in [-0.2, -0.15) is 0 Å². The molecule has 3 fully saturated rings. The zero-order chi connectivity index (χ0) is 19.8. The molecule has 0 aromatic rings. The van der Waals surface area contributed by atoms with Crippen molar-refractivity contribution < 1.29 is 19.4 Å². The average Bonchev–Trinajstić information content (AvgIpc) is 3.27. The quantitative estimate of drug-likeness (QED) is 0.372. The second-order valence-electron chi connectivity index (χ2n) is 8.64. The summed E-state index contributed by atoms with van der Waals surface area (Å²) in [7, 11) is 0. The van der Waals surface area contributed by atoms with Gasteiger partial charge in [0.05, 0.1) is 18.8 Å². The highest BCUT2D eigenvalue weighted by atomic mass is 16.5. The normalized spacial score (nSPS) is 30.1. The minimum absolute atomic E-state index is 0.117. The van der Waals surface area contributed by atoms with E-state index in [1.54, 1.807) is 0 Å². The van der Waals surface area contributed by atoms with Crippen LogP contribution in [0.15, 0.2) is 12.2 Å². The van der Waals surface area contributed by atoms with Crippen LogP contribution in [0, 0.1) is 11.8 Å². The molecule has 3 rings (SSSR count). The molecule has 28 heavy (non-hydrogen) atoms. The standard InChI is InChI=1S/C22H36N2O4/c25-21(24-16-8-4-3-5-9-16)15-23-14-18-17(19-12-13-20(18)28-19)10-6-1-2-7-11-22(26)27/h1,6,16-20,23H,2-5,7-15H2,(H,24,25)(H,26,27)/b6-1-/t17-,18+,19-,20+/m1/s1. The van der Waals surface area contributed by atoms with E-state index in [2.05, 4.69) is 22.8 Å². The molecule has 0 unspecified atom stereocenters. The first-order valence-electron chi connectivity index (χ1n) is 11.2. The van der Waals surface area contributed by atoms with Gasteiger partial charge in [0.15, 0.2) is 0 Å². The SMILES string of the molecule is O=C(O)CCC/C=C\C[C@@H]1[C@H](CNCC(=O)NC2CCCCC2)[C@@H]2CC[C@H]1O2. The number of nitrogens with one attached hydrogen (secondary N) is 2. The molecule has 0 aromatic carbocycles. The molecule has 1 aliphatic carbocycles. The maximum absolute atomic E-state index is 12.2. The van der Waals surface area contributed by atoms with Gasteiger partial charge in [0.2, 0.25) is 5.91 Å². The molecule has 2 heterocycles. The molecule has 3 aliphatic rings. The Morgan fingerprint density at radius 1 is 1.00 bits per heavy atom. The van der Waals surface area contributed by atoms with Crippen molar-refractivity contribution in [2.24, 2.45) is 11.8 Å². The number of carboxylic acids is 1. The summed E-state index contributed by atoms with van der Waals surface area (Å²) in [4.78, 5) is 22.7. The number of aliphatic carboxylic acids is 1. The van der Waals surface area contributed by atoms with Crippen LogP contribution in [0.2, 0.25) is 0 Å². The van der Waals surface area contributed by atoms with Crippen molar-refractivity contribution in [1.29, 1.82) is 0 Å². The van der Waals surface area contributed by atoms with Gasteiger partial charge in [0.1, 0.15) is 0 Å². The monoisotopic (exact) mass is 392 g/mol. The van der Waals surface area contributed by atoms with Crippen molar-refractivity contribution in [3.63, 3.8) is 0 Å². The van der Waals surface area contributed by atoms with Crippen molar-refractivity contribution in [2.45, 2.75) is 88.9 Å². The summed E-state index contributed by atoms with van der Waals surface area (Å²) < 4.78 is 6.13. The lowest BCUT2D eigenvalue weighted by atomic mass is 9.77. The molecule has 6 heteroatoms. The van der Waals surface area contributed by atoms with E-state index >= 15 is 0 Å². The maximum atomic E-state index is 12.2. The van der Waals surface area contributed by atoms with Crippen LogP contribution >= 0.6 is 0 Å². The summed E-state index contributed by atoms with van der Waals surface area (Å²) in [5, 5.41) is 15.2. The Balaban J connectivity index is 1.36. The number of carboxylic acid groups (broad SMARTS) is 1. The molecule has 6 nitrogen and oxygen atoms in total. The molecule has 0 radical (unpaired) electrons. The van der Waals surface area contributed by atoms with Gasteiger partial charge in [-0.1, -0.05) is 31.4 Å². The van der Waals surface area contributed by atoms with Crippen LogP contribution in [-0.4, -0.2) is 48.3 Å². The minimum Gasteiger partial charge on any atom is -0.481 e. The van der Waals surface area contributed by atoms with E-state index in [1.807, 2.05) is 0 Å². The van der Waals surface area contributed by atoms with Gasteiger partial charge in [0.25, 0.3) is 0 Å². The topological polar surface area (TPSA) is 87.7 Å². The first-order chi connectivity index (χ1) is 13.6. The molecule has 3 N–H and O–H groups in total. The number of carbonyl (C=O) groups excluding carboxylic acids is 1. The number of fused-ring (bicyclic) bond motifs is 2. The van der Waals surface area contributed by atoms with E-state index in [1.165, 1.54) is 19.3 Å². The number of ether oxygens (including phenoxy) is 1. The second kappa shape index (κ2) is 11.0. The molecule has 158 valence electrons. The van der Waals surface area contributed by atoms with E-state index in [4.69, 9.17) is 9.84 Å². The van der Waals surface area contributed by atoms with Crippen LogP contribution < -0.4 is 10.6 Å². The third kappa shape index (κ3) is 6.31. The van der Waals surface area contributed by atoms with E-state index in [0.29, 0.717) is 43.1 Å². The Labute approximate surface area is 168 Å². The van der Waals surface area contributed by atoms with Gasteiger partial charge in [0, 0.05) is 24.9 Å². The zero-order valence-electron chi connectivity index (χ0n) is 16.9. The number of hydrogen-bond acceptors (Lipinski definition) is 4. The minimum atomic E-state index is -0.728. The van der Waals surface area contributed by atoms with Crippen molar-refractivity contribution in [2.75, 3.05) is 13.1 Å². The fourth-order valence-electron chi connectivity index (χ4n) is 5.10. The summed E-state index contributed by atoms with van der Waals surface area (Å²) in [5.41, 5.74) is 0. The van der Waals surface area contributed by atoms with E-state index in [9.17, 15) is 9.59 Å². The third-order valence-corrected chi connectivity index (χ3v) is 6.56. The Kier molecular flexibility index (Phi) is 8.34. The van der Waals surface area contributed by atoms with Gasteiger partial charge >= 0.3 is 5.97 Å². The lowest BCUT2D eigenvalue weighted by Crippen LogP contribution is -2.43. The highest BCUT2D eigenvalue weighted by molar-refractivity contribution is 5.78. The lowest BCUT2D eigenvalue weighted by Gasteiger charge is -2.28. The number of allylic oxidation sites excluding steroid dienone is 2. The predicted octanol–water partition coefficient (Wildman–Crippen LogP) is 3.02. The average molecular weight is 393 g/mol. The molecular formula is C22H36N2O4. The van der Waals surface area contributed by atoms with E-state index < -0.39 is 5.97 Å². The highest BCUT2D eigenvalue weighted by Crippen LogP contribution is 2.44. The van der Waals surface area contributed by atoms with Gasteiger partial charge in [-0.15, -0.1) is 0 Å². The zero-order valence-corrected chi connectivity index (χ0v) is 16.9. The summed E-state index contributed by atoms with van der Waals surface area (Å²) in [6.45, 7) is 1.22. The molecule has 0 aromatic heterocycles. The molecule has 2 aliphatic heterocycles. The van der Waals surface area contributed by atoms with Crippen LogP contribution in [0.1, 0.15) is 70.6 Å². The number of carbonyl (C=O) groups is 2. The van der Waals surface area contributed by atoms with Gasteiger partial charge in [-0.25, -0.2) is 0 Å². The molecule has 1 amide bonds. The molecule has 2 bridgehead atoms. The van der Waals surface area contributed by atoms with Crippen molar-refractivity contribution in [3.8, 4) is 0 Å². The number of unbranched alkanes of at least 4 members (excludes halogenated alkanes) is 1. The largest absolute Gasteiger partial charge is 0.481 e. The van der Waals surface area contributed by atoms with Gasteiger partial charge in [-0.05, 0) is 50.9 Å². The Morgan fingerprint density at radius 2 is 1.75 bits per heavy atom. The number of amides is 1. The highest BCUT2D eigenvalue weighted by Gasteiger charge is 2.47. The molecule has 0 spiro atoms.